The Bertz CT molecular complexity index is 1290. The fraction of sp³-hybridized carbons (Fsp3) is 0.381. The number of hydrogen-bond donors (Lipinski definition) is 2. The van der Waals surface area contributed by atoms with E-state index in [1.54, 1.807) is 25.5 Å². The zero-order valence-corrected chi connectivity index (χ0v) is 16.9. The molecule has 10 nitrogen and oxygen atoms in total. The molecule has 1 spiro atoms. The van der Waals surface area contributed by atoms with Crippen molar-refractivity contribution in [3.8, 4) is 11.5 Å². The molecule has 5 heterocycles. The molecule has 0 aromatic carbocycles. The smallest absolute Gasteiger partial charge is 0.199 e. The second-order valence-electron chi connectivity index (χ2n) is 8.40. The van der Waals surface area contributed by atoms with Crippen molar-refractivity contribution in [1.82, 2.24) is 29.8 Å². The Labute approximate surface area is 177 Å². The van der Waals surface area contributed by atoms with Crippen molar-refractivity contribution in [3.63, 3.8) is 0 Å². The topological polar surface area (TPSA) is 138 Å². The summed E-state index contributed by atoms with van der Waals surface area (Å²) in [4.78, 5) is 13.2. The van der Waals surface area contributed by atoms with Crippen LogP contribution < -0.4 is 5.73 Å². The maximum atomic E-state index is 10.8. The lowest BCUT2D eigenvalue weighted by atomic mass is 9.77. The number of anilines is 1. The van der Waals surface area contributed by atoms with Crippen LogP contribution in [0.15, 0.2) is 41.5 Å². The van der Waals surface area contributed by atoms with Crippen LogP contribution in [0.2, 0.25) is 0 Å². The molecule has 1 aliphatic carbocycles. The van der Waals surface area contributed by atoms with E-state index in [1.807, 2.05) is 18.3 Å². The molecule has 1 fully saturated rings. The van der Waals surface area contributed by atoms with Gasteiger partial charge in [-0.25, -0.2) is 9.61 Å². The Hall–Kier alpha value is -3.37. The molecule has 1 saturated carbocycles. The SMILES string of the molecule is CC1(O)OC2(CCC(n3c(-c4nonc4N)nc4cnccc43)CC2)c2cnccc21. The summed E-state index contributed by atoms with van der Waals surface area (Å²) in [5.74, 6) is -0.499. The number of nitrogen functional groups attached to an aromatic ring is 1. The van der Waals surface area contributed by atoms with Gasteiger partial charge in [0.25, 0.3) is 0 Å². The van der Waals surface area contributed by atoms with E-state index in [0.29, 0.717) is 11.5 Å². The standard InChI is InChI=1S/C21H21N7O3/c1-20(29)13-4-8-23-10-14(13)21(30-20)6-2-12(3-7-21)28-16-5-9-24-11-15(16)25-19(28)17-18(22)27-31-26-17/h4-5,8-12,29H,2-3,6-7H2,1H3,(H2,22,27). The molecule has 1 atom stereocenters. The van der Waals surface area contributed by atoms with Crippen molar-refractivity contribution < 1.29 is 14.5 Å². The van der Waals surface area contributed by atoms with Gasteiger partial charge in [0.2, 0.25) is 0 Å². The molecule has 2 aliphatic rings. The third-order valence-electron chi connectivity index (χ3n) is 6.55. The predicted molar refractivity (Wildman–Crippen MR) is 109 cm³/mol. The quantitative estimate of drug-likeness (QED) is 0.502. The van der Waals surface area contributed by atoms with Gasteiger partial charge < -0.3 is 20.1 Å². The first-order valence-corrected chi connectivity index (χ1v) is 10.3. The fourth-order valence-electron chi connectivity index (χ4n) is 5.19. The van der Waals surface area contributed by atoms with Crippen LogP contribution in [0, 0.1) is 0 Å². The molecule has 4 aromatic rings. The van der Waals surface area contributed by atoms with Gasteiger partial charge >= 0.3 is 0 Å². The predicted octanol–water partition coefficient (Wildman–Crippen LogP) is 2.66. The molecule has 4 aromatic heterocycles. The third-order valence-corrected chi connectivity index (χ3v) is 6.55. The number of hydrogen-bond acceptors (Lipinski definition) is 9. The van der Waals surface area contributed by atoms with Crippen LogP contribution in [0.5, 0.6) is 0 Å². The summed E-state index contributed by atoms with van der Waals surface area (Å²) in [7, 11) is 0. The average molecular weight is 419 g/mol. The summed E-state index contributed by atoms with van der Waals surface area (Å²) in [6, 6.07) is 3.92. The Balaban J connectivity index is 1.39. The first-order valence-electron chi connectivity index (χ1n) is 10.3. The van der Waals surface area contributed by atoms with E-state index in [-0.39, 0.29) is 11.9 Å². The molecular weight excluding hydrogens is 398 g/mol. The lowest BCUT2D eigenvalue weighted by Gasteiger charge is -2.39. The van der Waals surface area contributed by atoms with E-state index in [9.17, 15) is 5.11 Å². The van der Waals surface area contributed by atoms with Gasteiger partial charge in [-0.3, -0.25) is 9.97 Å². The number of pyridine rings is 2. The molecule has 31 heavy (non-hydrogen) atoms. The molecule has 158 valence electrons. The largest absolute Gasteiger partial charge is 0.379 e. The van der Waals surface area contributed by atoms with Crippen molar-refractivity contribution in [1.29, 1.82) is 0 Å². The molecule has 0 bridgehead atoms. The van der Waals surface area contributed by atoms with Crippen molar-refractivity contribution in [2.75, 3.05) is 5.73 Å². The van der Waals surface area contributed by atoms with Crippen LogP contribution in [0.3, 0.4) is 0 Å². The van der Waals surface area contributed by atoms with Crippen molar-refractivity contribution >= 4 is 16.9 Å². The molecule has 3 N–H and O–H groups in total. The minimum absolute atomic E-state index is 0.137. The lowest BCUT2D eigenvalue weighted by Crippen LogP contribution is -2.35. The molecule has 1 aliphatic heterocycles. The highest BCUT2D eigenvalue weighted by Crippen LogP contribution is 2.54. The van der Waals surface area contributed by atoms with Gasteiger partial charge in [0.05, 0.1) is 17.3 Å². The van der Waals surface area contributed by atoms with Gasteiger partial charge in [-0.1, -0.05) is 0 Å². The highest BCUT2D eigenvalue weighted by Gasteiger charge is 2.52. The van der Waals surface area contributed by atoms with Gasteiger partial charge in [0.15, 0.2) is 23.1 Å². The van der Waals surface area contributed by atoms with E-state index in [2.05, 4.69) is 24.8 Å². The first kappa shape index (κ1) is 18.4. The van der Waals surface area contributed by atoms with Crippen LogP contribution in [-0.4, -0.2) is 34.9 Å². The summed E-state index contributed by atoms with van der Waals surface area (Å²) < 4.78 is 13.2. The van der Waals surface area contributed by atoms with Crippen LogP contribution in [0.25, 0.3) is 22.6 Å². The van der Waals surface area contributed by atoms with E-state index >= 15 is 0 Å². The van der Waals surface area contributed by atoms with Crippen molar-refractivity contribution in [2.24, 2.45) is 0 Å². The Morgan fingerprint density at radius 3 is 2.65 bits per heavy atom. The summed E-state index contributed by atoms with van der Waals surface area (Å²) in [5.41, 5.74) is 9.34. The summed E-state index contributed by atoms with van der Waals surface area (Å²) in [5, 5.41) is 18.5. The fourth-order valence-corrected chi connectivity index (χ4v) is 5.19. The van der Waals surface area contributed by atoms with Crippen molar-refractivity contribution in [3.05, 3.63) is 48.0 Å². The number of nitrogens with zero attached hydrogens (tertiary/aromatic N) is 6. The van der Waals surface area contributed by atoms with Gasteiger partial charge in [0.1, 0.15) is 5.52 Å². The monoisotopic (exact) mass is 419 g/mol. The minimum atomic E-state index is -1.32. The summed E-state index contributed by atoms with van der Waals surface area (Å²) in [6.45, 7) is 1.70. The van der Waals surface area contributed by atoms with E-state index in [0.717, 1.165) is 47.8 Å². The number of fused-ring (bicyclic) bond motifs is 3. The first-order chi connectivity index (χ1) is 15.0. The average Bonchev–Trinajstić information content (AvgIpc) is 3.42. The van der Waals surface area contributed by atoms with Crippen LogP contribution in [-0.2, 0) is 16.1 Å². The van der Waals surface area contributed by atoms with Crippen molar-refractivity contribution in [2.45, 2.75) is 50.0 Å². The minimum Gasteiger partial charge on any atom is -0.379 e. The normalized spacial score (nSPS) is 27.7. The zero-order valence-electron chi connectivity index (χ0n) is 16.9. The van der Waals surface area contributed by atoms with Crippen LogP contribution in [0.1, 0.15) is 49.8 Å². The second kappa shape index (κ2) is 6.32. The molecule has 6 rings (SSSR count). The number of nitrogens with two attached hydrogens (primary N) is 1. The maximum Gasteiger partial charge on any atom is 0.199 e. The zero-order chi connectivity index (χ0) is 21.2. The molecule has 0 saturated heterocycles. The maximum absolute atomic E-state index is 10.8. The van der Waals surface area contributed by atoms with Gasteiger partial charge in [0, 0.05) is 35.8 Å². The molecular formula is C21H21N7O3. The molecule has 1 unspecified atom stereocenters. The molecule has 0 amide bonds. The Morgan fingerprint density at radius 2 is 1.87 bits per heavy atom. The summed E-state index contributed by atoms with van der Waals surface area (Å²) in [6.07, 6.45) is 10.1. The molecule has 0 radical (unpaired) electrons. The highest BCUT2D eigenvalue weighted by molar-refractivity contribution is 5.81. The van der Waals surface area contributed by atoms with E-state index in [1.165, 1.54) is 0 Å². The number of imidazole rings is 1. The lowest BCUT2D eigenvalue weighted by molar-refractivity contribution is -0.257. The van der Waals surface area contributed by atoms with Crippen LogP contribution in [0.4, 0.5) is 5.82 Å². The molecule has 10 heteroatoms. The Kier molecular flexibility index (Phi) is 3.75. The van der Waals surface area contributed by atoms with E-state index < -0.39 is 11.4 Å². The number of rotatable bonds is 2. The Morgan fingerprint density at radius 1 is 1.10 bits per heavy atom. The van der Waals surface area contributed by atoms with E-state index in [4.69, 9.17) is 20.1 Å². The van der Waals surface area contributed by atoms with Gasteiger partial charge in [-0.05, 0) is 55.1 Å². The number of aliphatic hydroxyl groups is 1. The highest BCUT2D eigenvalue weighted by atomic mass is 16.6. The van der Waals surface area contributed by atoms with Gasteiger partial charge in [-0.15, -0.1) is 0 Å². The third kappa shape index (κ3) is 2.61. The number of ether oxygens (including phenoxy) is 1. The second-order valence-corrected chi connectivity index (χ2v) is 8.40. The van der Waals surface area contributed by atoms with Crippen LogP contribution >= 0.6 is 0 Å². The van der Waals surface area contributed by atoms with Gasteiger partial charge in [-0.2, -0.15) is 0 Å². The summed E-state index contributed by atoms with van der Waals surface area (Å²) >= 11 is 0. The number of aromatic nitrogens is 6.